The fourth-order valence-electron chi connectivity index (χ4n) is 4.02. The molecule has 0 heterocycles. The second kappa shape index (κ2) is 19.6. The maximum absolute atomic E-state index is 11.9. The van der Waals surface area contributed by atoms with Crippen LogP contribution in [0.3, 0.4) is 0 Å². The predicted octanol–water partition coefficient (Wildman–Crippen LogP) is 5.94. The Hall–Kier alpha value is -1.54. The van der Waals surface area contributed by atoms with Gasteiger partial charge in [0.05, 0.1) is 6.10 Å². The van der Waals surface area contributed by atoms with Gasteiger partial charge in [-0.3, -0.25) is 9.59 Å². The first-order valence-corrected chi connectivity index (χ1v) is 14.2. The third-order valence-corrected chi connectivity index (χ3v) is 8.19. The van der Waals surface area contributed by atoms with Crippen molar-refractivity contribution in [3.8, 4) is 0 Å². The third-order valence-electron chi connectivity index (χ3n) is 6.38. The molecule has 0 aliphatic carbocycles. The van der Waals surface area contributed by atoms with Gasteiger partial charge in [0.15, 0.2) is 0 Å². The first-order chi connectivity index (χ1) is 16.6. The van der Waals surface area contributed by atoms with Gasteiger partial charge in [0.2, 0.25) is 5.91 Å². The first-order valence-electron chi connectivity index (χ1n) is 13.3. The smallest absolute Gasteiger partial charge is 0.327 e. The summed E-state index contributed by atoms with van der Waals surface area (Å²) in [5.41, 5.74) is 0. The molecule has 0 aromatic rings. The van der Waals surface area contributed by atoms with Crippen molar-refractivity contribution in [2.75, 3.05) is 0 Å². The van der Waals surface area contributed by atoms with E-state index in [-0.39, 0.29) is 6.42 Å². The number of amides is 1. The number of hydrogen-bond acceptors (Lipinski definition) is 5. The van der Waals surface area contributed by atoms with E-state index in [1.54, 1.807) is 6.92 Å². The molecule has 2 unspecified atom stereocenters. The van der Waals surface area contributed by atoms with Crippen molar-refractivity contribution in [2.45, 2.75) is 140 Å². The van der Waals surface area contributed by atoms with Crippen molar-refractivity contribution in [2.24, 2.45) is 0 Å². The van der Waals surface area contributed by atoms with Crippen LogP contribution in [0.25, 0.3) is 0 Å². The van der Waals surface area contributed by atoms with E-state index in [0.717, 1.165) is 19.3 Å². The van der Waals surface area contributed by atoms with Crippen LogP contribution in [0, 0.1) is 0 Å². The van der Waals surface area contributed by atoms with Crippen LogP contribution >= 0.6 is 11.8 Å². The zero-order valence-corrected chi connectivity index (χ0v) is 23.1. The SMILES string of the molecule is CCCCCCCCCCCC=C[C@@H](SC(C)(CC)C(NC(C)=O)C(=O)O)[C@@H](O)CCCC(=O)O. The third kappa shape index (κ3) is 15.9. The number of carbonyl (C=O) groups is 3. The number of aliphatic carboxylic acids is 2. The number of allylic oxidation sites excluding steroid dienone is 1. The van der Waals surface area contributed by atoms with Gasteiger partial charge < -0.3 is 20.6 Å². The van der Waals surface area contributed by atoms with Crippen LogP contribution in [0.5, 0.6) is 0 Å². The maximum Gasteiger partial charge on any atom is 0.327 e. The number of unbranched alkanes of at least 4 members (excludes halogenated alkanes) is 9. The highest BCUT2D eigenvalue weighted by atomic mass is 32.2. The lowest BCUT2D eigenvalue weighted by Crippen LogP contribution is -2.54. The first kappa shape index (κ1) is 33.5. The standard InChI is InChI=1S/C27H49NO6S/c1-5-7-8-9-10-11-12-13-14-15-16-19-23(22(30)18-17-20-24(31)32)35-27(4,6-2)25(26(33)34)28-21(3)29/h16,19,22-23,25,30H,5-15,17-18,20H2,1-4H3,(H,28,29)(H,31,32)(H,33,34)/t22-,23+,25?,27?/m0/s1. The van der Waals surface area contributed by atoms with E-state index >= 15 is 0 Å². The molecule has 0 radical (unpaired) electrons. The minimum absolute atomic E-state index is 0.0225. The molecule has 0 saturated carbocycles. The number of carboxylic acids is 2. The summed E-state index contributed by atoms with van der Waals surface area (Å²) in [7, 11) is 0. The molecule has 0 aromatic carbocycles. The monoisotopic (exact) mass is 515 g/mol. The Balaban J connectivity index is 5.04. The Labute approximate surface area is 216 Å². The number of nitrogens with one attached hydrogen (secondary N) is 1. The molecule has 4 N–H and O–H groups in total. The van der Waals surface area contributed by atoms with E-state index in [4.69, 9.17) is 5.11 Å². The second-order valence-corrected chi connectivity index (χ2v) is 11.3. The van der Waals surface area contributed by atoms with E-state index in [9.17, 15) is 24.6 Å². The molecule has 0 fully saturated rings. The maximum atomic E-state index is 11.9. The molecular formula is C27H49NO6S. The Morgan fingerprint density at radius 1 is 0.943 bits per heavy atom. The van der Waals surface area contributed by atoms with Crippen molar-refractivity contribution >= 4 is 29.6 Å². The number of carboxylic acid groups (broad SMARTS) is 2. The summed E-state index contributed by atoms with van der Waals surface area (Å²) in [6.45, 7) is 7.17. The number of carbonyl (C=O) groups excluding carboxylic acids is 1. The zero-order chi connectivity index (χ0) is 26.7. The molecule has 0 bridgehead atoms. The van der Waals surface area contributed by atoms with E-state index in [0.29, 0.717) is 19.3 Å². The summed E-state index contributed by atoms with van der Waals surface area (Å²) < 4.78 is -0.849. The van der Waals surface area contributed by atoms with Gasteiger partial charge >= 0.3 is 11.9 Å². The minimum Gasteiger partial charge on any atom is -0.481 e. The number of aliphatic hydroxyl groups excluding tert-OH is 1. The summed E-state index contributed by atoms with van der Waals surface area (Å²) in [5, 5.41) is 31.6. The van der Waals surface area contributed by atoms with Gasteiger partial charge in [0.25, 0.3) is 0 Å². The molecule has 7 nitrogen and oxygen atoms in total. The van der Waals surface area contributed by atoms with Gasteiger partial charge in [-0.05, 0) is 39.0 Å². The second-order valence-electron chi connectivity index (χ2n) is 9.62. The van der Waals surface area contributed by atoms with Crippen LogP contribution in [0.2, 0.25) is 0 Å². The average Bonchev–Trinajstić information content (AvgIpc) is 2.79. The van der Waals surface area contributed by atoms with Crippen molar-refractivity contribution < 1.29 is 29.7 Å². The van der Waals surface area contributed by atoms with Crippen LogP contribution in [0.1, 0.15) is 118 Å². The van der Waals surface area contributed by atoms with Gasteiger partial charge in [0, 0.05) is 23.3 Å². The lowest BCUT2D eigenvalue weighted by molar-refractivity contribution is -0.142. The number of hydrogen-bond donors (Lipinski definition) is 4. The van der Waals surface area contributed by atoms with Crippen LogP contribution in [-0.2, 0) is 14.4 Å². The van der Waals surface area contributed by atoms with Crippen molar-refractivity contribution in [1.29, 1.82) is 0 Å². The van der Waals surface area contributed by atoms with Crippen LogP contribution in [0.4, 0.5) is 0 Å². The summed E-state index contributed by atoms with van der Waals surface area (Å²) in [4.78, 5) is 34.4. The molecule has 1 amide bonds. The highest BCUT2D eigenvalue weighted by Gasteiger charge is 2.41. The zero-order valence-electron chi connectivity index (χ0n) is 22.3. The molecule has 4 atom stereocenters. The molecule has 0 aromatic heterocycles. The molecule has 0 saturated heterocycles. The van der Waals surface area contributed by atoms with Gasteiger partial charge in [-0.2, -0.15) is 0 Å². The van der Waals surface area contributed by atoms with E-state index in [2.05, 4.69) is 12.2 Å². The molecular weight excluding hydrogens is 466 g/mol. The van der Waals surface area contributed by atoms with Crippen LogP contribution < -0.4 is 5.32 Å². The summed E-state index contributed by atoms with van der Waals surface area (Å²) in [6, 6.07) is -1.10. The largest absolute Gasteiger partial charge is 0.481 e. The highest BCUT2D eigenvalue weighted by Crippen LogP contribution is 2.38. The van der Waals surface area contributed by atoms with Crippen LogP contribution in [-0.4, -0.2) is 55.3 Å². The van der Waals surface area contributed by atoms with E-state index in [1.165, 1.54) is 63.6 Å². The van der Waals surface area contributed by atoms with Gasteiger partial charge in [0.1, 0.15) is 6.04 Å². The summed E-state index contributed by atoms with van der Waals surface area (Å²) in [6.07, 6.45) is 16.4. The van der Waals surface area contributed by atoms with Gasteiger partial charge in [-0.25, -0.2) is 4.79 Å². The number of aliphatic hydroxyl groups is 1. The normalized spacial score (nSPS) is 15.9. The topological polar surface area (TPSA) is 124 Å². The Morgan fingerprint density at radius 2 is 1.51 bits per heavy atom. The Kier molecular flexibility index (Phi) is 18.8. The van der Waals surface area contributed by atoms with E-state index < -0.39 is 40.0 Å². The molecule has 204 valence electrons. The number of thioether (sulfide) groups is 1. The quantitative estimate of drug-likeness (QED) is 0.104. The molecule has 0 spiro atoms. The Bertz CT molecular complexity index is 641. The van der Waals surface area contributed by atoms with Gasteiger partial charge in [-0.15, -0.1) is 11.8 Å². The molecule has 0 aliphatic rings. The molecule has 35 heavy (non-hydrogen) atoms. The minimum atomic E-state index is -1.12. The van der Waals surface area contributed by atoms with Crippen molar-refractivity contribution in [1.82, 2.24) is 5.32 Å². The van der Waals surface area contributed by atoms with Crippen LogP contribution in [0.15, 0.2) is 12.2 Å². The fourth-order valence-corrected chi connectivity index (χ4v) is 5.59. The average molecular weight is 516 g/mol. The predicted molar refractivity (Wildman–Crippen MR) is 144 cm³/mol. The highest BCUT2D eigenvalue weighted by molar-refractivity contribution is 8.01. The van der Waals surface area contributed by atoms with E-state index in [1.807, 2.05) is 19.1 Å². The lowest BCUT2D eigenvalue weighted by atomic mass is 9.98. The number of rotatable bonds is 22. The molecule has 0 rings (SSSR count). The Morgan fingerprint density at radius 3 is 2.00 bits per heavy atom. The molecule has 0 aliphatic heterocycles. The summed E-state index contributed by atoms with van der Waals surface area (Å²) in [5.74, 6) is -2.44. The molecule has 8 heteroatoms. The van der Waals surface area contributed by atoms with Gasteiger partial charge in [-0.1, -0.05) is 77.4 Å². The lowest BCUT2D eigenvalue weighted by Gasteiger charge is -2.37. The fraction of sp³-hybridized carbons (Fsp3) is 0.815. The summed E-state index contributed by atoms with van der Waals surface area (Å²) >= 11 is 1.34. The van der Waals surface area contributed by atoms with Crippen molar-refractivity contribution in [3.63, 3.8) is 0 Å². The van der Waals surface area contributed by atoms with Crippen molar-refractivity contribution in [3.05, 3.63) is 12.2 Å².